The van der Waals surface area contributed by atoms with Crippen molar-refractivity contribution in [3.63, 3.8) is 0 Å². The third-order valence-corrected chi connectivity index (χ3v) is 3.79. The van der Waals surface area contributed by atoms with Crippen molar-refractivity contribution in [1.82, 2.24) is 5.32 Å². The van der Waals surface area contributed by atoms with Crippen LogP contribution < -0.4 is 5.32 Å². The van der Waals surface area contributed by atoms with Crippen LogP contribution in [0.1, 0.15) is 43.2 Å². The zero-order valence-electron chi connectivity index (χ0n) is 11.9. The van der Waals surface area contributed by atoms with Crippen LogP contribution in [-0.4, -0.2) is 11.9 Å². The molecule has 0 aliphatic heterocycles. The number of carbonyl (C=O) groups is 1. The second-order valence-corrected chi connectivity index (χ2v) is 5.33. The molecule has 1 aromatic carbocycles. The number of benzene rings is 1. The minimum Gasteiger partial charge on any atom is -0.349 e. The molecule has 0 spiro atoms. The van der Waals surface area contributed by atoms with Gasteiger partial charge in [0, 0.05) is 6.04 Å². The lowest BCUT2D eigenvalue weighted by atomic mass is 9.95. The standard InChI is InChI=1S/C17H20N2O/c1-13-7-5-6-8-14(13)11-15(12-18)17(20)19-16-9-3-2-4-10-16/h5-8,11,16H,2-4,9-10H2,1H3,(H,19,20)/b15-11+. The van der Waals surface area contributed by atoms with Gasteiger partial charge in [0.25, 0.3) is 5.91 Å². The summed E-state index contributed by atoms with van der Waals surface area (Å²) in [6, 6.07) is 9.99. The van der Waals surface area contributed by atoms with Gasteiger partial charge in [-0.15, -0.1) is 0 Å². The molecule has 1 amide bonds. The fourth-order valence-electron chi connectivity index (χ4n) is 2.56. The van der Waals surface area contributed by atoms with Crippen LogP contribution in [0, 0.1) is 18.3 Å². The van der Waals surface area contributed by atoms with Gasteiger partial charge in [0.1, 0.15) is 11.6 Å². The van der Waals surface area contributed by atoms with Gasteiger partial charge in [0.15, 0.2) is 0 Å². The van der Waals surface area contributed by atoms with Gasteiger partial charge in [-0.05, 0) is 37.0 Å². The highest BCUT2D eigenvalue weighted by Gasteiger charge is 2.18. The average Bonchev–Trinajstić information content (AvgIpc) is 2.47. The van der Waals surface area contributed by atoms with Crippen LogP contribution >= 0.6 is 0 Å². The van der Waals surface area contributed by atoms with Crippen LogP contribution in [0.5, 0.6) is 0 Å². The zero-order valence-corrected chi connectivity index (χ0v) is 11.9. The fourth-order valence-corrected chi connectivity index (χ4v) is 2.56. The van der Waals surface area contributed by atoms with Crippen LogP contribution in [0.2, 0.25) is 0 Å². The predicted molar refractivity (Wildman–Crippen MR) is 79.8 cm³/mol. The van der Waals surface area contributed by atoms with Crippen LogP contribution in [-0.2, 0) is 4.79 Å². The van der Waals surface area contributed by atoms with E-state index in [0.717, 1.165) is 36.8 Å². The molecule has 0 radical (unpaired) electrons. The second-order valence-electron chi connectivity index (χ2n) is 5.33. The first-order valence-corrected chi connectivity index (χ1v) is 7.19. The first-order chi connectivity index (χ1) is 9.70. The summed E-state index contributed by atoms with van der Waals surface area (Å²) in [5, 5.41) is 12.2. The maximum atomic E-state index is 12.2. The number of nitrogens with one attached hydrogen (secondary N) is 1. The van der Waals surface area contributed by atoms with Gasteiger partial charge in [0.2, 0.25) is 0 Å². The number of nitrogens with zero attached hydrogens (tertiary/aromatic N) is 1. The van der Waals surface area contributed by atoms with Crippen molar-refractivity contribution in [1.29, 1.82) is 5.26 Å². The van der Waals surface area contributed by atoms with E-state index in [0.29, 0.717) is 0 Å². The van der Waals surface area contributed by atoms with E-state index in [9.17, 15) is 10.1 Å². The lowest BCUT2D eigenvalue weighted by Crippen LogP contribution is -2.36. The minimum absolute atomic E-state index is 0.185. The molecule has 1 aliphatic carbocycles. The molecule has 3 heteroatoms. The predicted octanol–water partition coefficient (Wildman–Crippen LogP) is 3.35. The van der Waals surface area contributed by atoms with E-state index in [2.05, 4.69) is 5.32 Å². The SMILES string of the molecule is Cc1ccccc1/C=C(\C#N)C(=O)NC1CCCCC1. The van der Waals surface area contributed by atoms with E-state index in [-0.39, 0.29) is 17.5 Å². The van der Waals surface area contributed by atoms with Crippen LogP contribution in [0.25, 0.3) is 6.08 Å². The number of aryl methyl sites for hydroxylation is 1. The summed E-state index contributed by atoms with van der Waals surface area (Å²) in [4.78, 5) is 12.2. The lowest BCUT2D eigenvalue weighted by Gasteiger charge is -2.22. The Hall–Kier alpha value is -2.08. The van der Waals surface area contributed by atoms with Crippen LogP contribution in [0.3, 0.4) is 0 Å². The first kappa shape index (κ1) is 14.3. The van der Waals surface area contributed by atoms with E-state index in [1.54, 1.807) is 6.08 Å². The number of hydrogen-bond acceptors (Lipinski definition) is 2. The van der Waals surface area contributed by atoms with Crippen molar-refractivity contribution in [2.24, 2.45) is 0 Å². The van der Waals surface area contributed by atoms with Gasteiger partial charge in [-0.3, -0.25) is 4.79 Å². The summed E-state index contributed by atoms with van der Waals surface area (Å²) in [6.07, 6.45) is 7.29. The molecule has 20 heavy (non-hydrogen) atoms. The summed E-state index contributed by atoms with van der Waals surface area (Å²) >= 11 is 0. The van der Waals surface area contributed by atoms with E-state index in [1.165, 1.54) is 6.42 Å². The third-order valence-electron chi connectivity index (χ3n) is 3.79. The van der Waals surface area contributed by atoms with Gasteiger partial charge < -0.3 is 5.32 Å². The lowest BCUT2D eigenvalue weighted by molar-refractivity contribution is -0.117. The number of carbonyl (C=O) groups excluding carboxylic acids is 1. The smallest absolute Gasteiger partial charge is 0.262 e. The van der Waals surface area contributed by atoms with E-state index < -0.39 is 0 Å². The third kappa shape index (κ3) is 3.71. The fraction of sp³-hybridized carbons (Fsp3) is 0.412. The molecule has 0 bridgehead atoms. The highest BCUT2D eigenvalue weighted by molar-refractivity contribution is 6.01. The maximum Gasteiger partial charge on any atom is 0.262 e. The quantitative estimate of drug-likeness (QED) is 0.675. The molecule has 1 aromatic rings. The summed E-state index contributed by atoms with van der Waals surface area (Å²) in [5.74, 6) is -0.248. The van der Waals surface area contributed by atoms with Gasteiger partial charge in [-0.1, -0.05) is 43.5 Å². The summed E-state index contributed by atoms with van der Waals surface area (Å²) in [5.41, 5.74) is 2.17. The molecule has 3 nitrogen and oxygen atoms in total. The Labute approximate surface area is 120 Å². The maximum absolute atomic E-state index is 12.2. The average molecular weight is 268 g/mol. The molecule has 2 rings (SSSR count). The number of nitriles is 1. The Morgan fingerprint density at radius 2 is 2.00 bits per heavy atom. The Bertz CT molecular complexity index is 548. The molecule has 0 heterocycles. The van der Waals surface area contributed by atoms with Crippen molar-refractivity contribution >= 4 is 12.0 Å². The van der Waals surface area contributed by atoms with Gasteiger partial charge in [-0.2, -0.15) is 5.26 Å². The Morgan fingerprint density at radius 1 is 1.30 bits per heavy atom. The van der Waals surface area contributed by atoms with Gasteiger partial charge in [0.05, 0.1) is 0 Å². The molecule has 1 N–H and O–H groups in total. The minimum atomic E-state index is -0.248. The van der Waals surface area contributed by atoms with Gasteiger partial charge >= 0.3 is 0 Å². The molecule has 104 valence electrons. The van der Waals surface area contributed by atoms with Crippen LogP contribution in [0.15, 0.2) is 29.8 Å². The van der Waals surface area contributed by atoms with E-state index in [1.807, 2.05) is 37.3 Å². The molecule has 0 saturated heterocycles. The first-order valence-electron chi connectivity index (χ1n) is 7.19. The monoisotopic (exact) mass is 268 g/mol. The molecule has 0 atom stereocenters. The topological polar surface area (TPSA) is 52.9 Å². The van der Waals surface area contributed by atoms with Crippen molar-refractivity contribution in [3.8, 4) is 6.07 Å². The molecule has 0 aromatic heterocycles. The zero-order chi connectivity index (χ0) is 14.4. The second kappa shape index (κ2) is 6.91. The summed E-state index contributed by atoms with van der Waals surface area (Å²) in [7, 11) is 0. The molecular formula is C17H20N2O. The van der Waals surface area contributed by atoms with Gasteiger partial charge in [-0.25, -0.2) is 0 Å². The molecule has 1 aliphatic rings. The summed E-state index contributed by atoms with van der Waals surface area (Å²) < 4.78 is 0. The Balaban J connectivity index is 2.09. The van der Waals surface area contributed by atoms with Crippen molar-refractivity contribution < 1.29 is 4.79 Å². The molecule has 0 unspecified atom stereocenters. The van der Waals surface area contributed by atoms with Crippen LogP contribution in [0.4, 0.5) is 0 Å². The number of hydrogen-bond donors (Lipinski definition) is 1. The molecule has 1 saturated carbocycles. The normalized spacial score (nSPS) is 16.5. The Morgan fingerprint density at radius 3 is 2.65 bits per heavy atom. The Kier molecular flexibility index (Phi) is 4.95. The largest absolute Gasteiger partial charge is 0.349 e. The number of rotatable bonds is 3. The van der Waals surface area contributed by atoms with Crippen molar-refractivity contribution in [2.45, 2.75) is 45.1 Å². The summed E-state index contributed by atoms with van der Waals surface area (Å²) in [6.45, 7) is 1.97. The number of amides is 1. The van der Waals surface area contributed by atoms with E-state index in [4.69, 9.17) is 0 Å². The highest BCUT2D eigenvalue weighted by atomic mass is 16.1. The highest BCUT2D eigenvalue weighted by Crippen LogP contribution is 2.18. The van der Waals surface area contributed by atoms with Crippen molar-refractivity contribution in [3.05, 3.63) is 41.0 Å². The van der Waals surface area contributed by atoms with Crippen molar-refractivity contribution in [2.75, 3.05) is 0 Å². The van der Waals surface area contributed by atoms with E-state index >= 15 is 0 Å². The molecular weight excluding hydrogens is 248 g/mol. The molecule has 1 fully saturated rings.